The number of rotatable bonds is 8. The Balaban J connectivity index is 1.56. The van der Waals surface area contributed by atoms with Gasteiger partial charge in [-0.05, 0) is 49.9 Å². The maximum absolute atomic E-state index is 13.5. The Morgan fingerprint density at radius 2 is 1.63 bits per heavy atom. The van der Waals surface area contributed by atoms with E-state index < -0.39 is 56.7 Å². The van der Waals surface area contributed by atoms with Crippen molar-refractivity contribution in [2.45, 2.75) is 42.9 Å². The van der Waals surface area contributed by atoms with Crippen LogP contribution >= 0.6 is 0 Å². The number of alkyl halides is 3. The molecule has 2 aliphatic rings. The number of para-hydroxylation sites is 1. The molecule has 0 saturated carbocycles. The second-order valence-corrected chi connectivity index (χ2v) is 11.7. The number of hydrogen-bond acceptors (Lipinski definition) is 6. The zero-order chi connectivity index (χ0) is 27.5. The molecule has 1 atom stereocenters. The summed E-state index contributed by atoms with van der Waals surface area (Å²) in [7, 11) is -4.36. The van der Waals surface area contributed by atoms with Crippen LogP contribution in [0.15, 0.2) is 59.5 Å². The average molecular weight is 555 g/mol. The van der Waals surface area contributed by atoms with E-state index in [1.165, 1.54) is 17.0 Å². The van der Waals surface area contributed by atoms with Crippen molar-refractivity contribution in [3.8, 4) is 0 Å². The van der Waals surface area contributed by atoms with E-state index in [-0.39, 0.29) is 32.1 Å². The van der Waals surface area contributed by atoms with Gasteiger partial charge in [0.25, 0.3) is 5.69 Å². The number of nitro groups is 1. The third-order valence-corrected chi connectivity index (χ3v) is 8.94. The molecule has 2 heterocycles. The summed E-state index contributed by atoms with van der Waals surface area (Å²) in [4.78, 5) is 26.5. The molecule has 0 aliphatic carbocycles. The van der Waals surface area contributed by atoms with Gasteiger partial charge in [-0.25, -0.2) is 8.42 Å². The van der Waals surface area contributed by atoms with Crippen LogP contribution in [0.2, 0.25) is 0 Å². The molecular weight excluding hydrogens is 525 g/mol. The van der Waals surface area contributed by atoms with Gasteiger partial charge in [0.05, 0.1) is 18.0 Å². The van der Waals surface area contributed by atoms with Gasteiger partial charge in [-0.15, -0.1) is 0 Å². The molecule has 2 aliphatic heterocycles. The lowest BCUT2D eigenvalue weighted by molar-refractivity contribution is -0.387. The molecule has 2 fully saturated rings. The minimum atomic E-state index is -4.36. The summed E-state index contributed by atoms with van der Waals surface area (Å²) in [5, 5.41) is 11.5. The largest absolute Gasteiger partial charge is 0.401 e. The van der Waals surface area contributed by atoms with Crippen LogP contribution in [0.1, 0.15) is 24.8 Å². The van der Waals surface area contributed by atoms with E-state index in [0.29, 0.717) is 19.3 Å². The lowest BCUT2D eigenvalue weighted by Gasteiger charge is -2.43. The number of halogens is 3. The number of piperidine rings is 1. The van der Waals surface area contributed by atoms with Crippen molar-refractivity contribution in [3.05, 3.63) is 70.3 Å². The summed E-state index contributed by atoms with van der Waals surface area (Å²) >= 11 is 0. The predicted molar refractivity (Wildman–Crippen MR) is 132 cm³/mol. The van der Waals surface area contributed by atoms with E-state index in [1.807, 2.05) is 30.3 Å². The minimum Gasteiger partial charge on any atom is -0.333 e. The topological polar surface area (TPSA) is 104 Å². The second kappa shape index (κ2) is 11.4. The maximum atomic E-state index is 13.5. The number of likely N-dealkylation sites (tertiary alicyclic amines) is 1. The molecule has 0 unspecified atom stereocenters. The summed E-state index contributed by atoms with van der Waals surface area (Å²) in [6.45, 7) is -0.693. The molecule has 0 radical (unpaired) electrons. The second-order valence-electron chi connectivity index (χ2n) is 9.75. The number of benzene rings is 2. The summed E-state index contributed by atoms with van der Waals surface area (Å²) in [6, 6.07) is 13.7. The summed E-state index contributed by atoms with van der Waals surface area (Å²) in [6.07, 6.45) is -2.86. The standard InChI is InChI=1S/C25H29F3N4O5S/c26-25(27,28)18-29-12-10-19(11-13-29)14-21-16-30(17-24(33)31(21)15-20-6-2-1-3-7-20)38(36,37)23-9-5-4-8-22(23)32(34)35/h1-9,19,21H,10-18H2/t21-/m0/s1. The third-order valence-electron chi connectivity index (χ3n) is 7.08. The van der Waals surface area contributed by atoms with E-state index in [1.54, 1.807) is 4.90 Å². The highest BCUT2D eigenvalue weighted by atomic mass is 32.2. The molecule has 0 N–H and O–H groups in total. The normalized spacial score (nSPS) is 20.6. The number of nitrogens with zero attached hydrogens (tertiary/aromatic N) is 4. The Bertz CT molecular complexity index is 1250. The first kappa shape index (κ1) is 28.0. The number of sulfonamides is 1. The van der Waals surface area contributed by atoms with Gasteiger partial charge in [0.2, 0.25) is 15.9 Å². The maximum Gasteiger partial charge on any atom is 0.401 e. The summed E-state index contributed by atoms with van der Waals surface area (Å²) in [5.74, 6) is -0.425. The molecule has 9 nitrogen and oxygen atoms in total. The third kappa shape index (κ3) is 6.69. The van der Waals surface area contributed by atoms with Crippen LogP contribution < -0.4 is 0 Å². The molecule has 0 spiro atoms. The average Bonchev–Trinajstić information content (AvgIpc) is 2.86. The highest BCUT2D eigenvalue weighted by molar-refractivity contribution is 7.89. The van der Waals surface area contributed by atoms with Crippen LogP contribution in [0.25, 0.3) is 0 Å². The van der Waals surface area contributed by atoms with E-state index >= 15 is 0 Å². The molecular formula is C25H29F3N4O5S. The quantitative estimate of drug-likeness (QED) is 0.365. The molecule has 13 heteroatoms. The van der Waals surface area contributed by atoms with Crippen molar-refractivity contribution in [1.82, 2.24) is 14.1 Å². The van der Waals surface area contributed by atoms with Crippen LogP contribution in [0.3, 0.4) is 0 Å². The fourth-order valence-electron chi connectivity index (χ4n) is 5.21. The summed E-state index contributed by atoms with van der Waals surface area (Å²) < 4.78 is 66.3. The van der Waals surface area contributed by atoms with Crippen molar-refractivity contribution < 1.29 is 31.3 Å². The lowest BCUT2D eigenvalue weighted by Crippen LogP contribution is -2.58. The van der Waals surface area contributed by atoms with Gasteiger partial charge in [-0.3, -0.25) is 19.8 Å². The first-order valence-corrected chi connectivity index (χ1v) is 13.7. The van der Waals surface area contributed by atoms with Crippen LogP contribution in [0.4, 0.5) is 18.9 Å². The predicted octanol–water partition coefficient (Wildman–Crippen LogP) is 3.66. The molecule has 206 valence electrons. The zero-order valence-corrected chi connectivity index (χ0v) is 21.4. The minimum absolute atomic E-state index is 0.00396. The molecule has 2 aromatic rings. The molecule has 1 amide bonds. The van der Waals surface area contributed by atoms with Crippen LogP contribution in [-0.4, -0.2) is 78.3 Å². The number of amides is 1. The Labute approximate surface area is 219 Å². The highest BCUT2D eigenvalue weighted by Crippen LogP contribution is 2.32. The van der Waals surface area contributed by atoms with Crippen molar-refractivity contribution >= 4 is 21.6 Å². The smallest absolute Gasteiger partial charge is 0.333 e. The Kier molecular flexibility index (Phi) is 8.38. The molecule has 0 aromatic heterocycles. The van der Waals surface area contributed by atoms with Gasteiger partial charge in [0.15, 0.2) is 4.90 Å². The van der Waals surface area contributed by atoms with Crippen molar-refractivity contribution in [3.63, 3.8) is 0 Å². The van der Waals surface area contributed by atoms with Gasteiger partial charge in [0, 0.05) is 25.2 Å². The highest BCUT2D eigenvalue weighted by Gasteiger charge is 2.42. The van der Waals surface area contributed by atoms with Crippen LogP contribution in [0.5, 0.6) is 0 Å². The number of piperazine rings is 1. The van der Waals surface area contributed by atoms with Crippen molar-refractivity contribution in [1.29, 1.82) is 0 Å². The summed E-state index contributed by atoms with van der Waals surface area (Å²) in [5.41, 5.74) is 0.293. The van der Waals surface area contributed by atoms with Gasteiger partial charge in [0.1, 0.15) is 0 Å². The van der Waals surface area contributed by atoms with Crippen LogP contribution in [-0.2, 0) is 21.4 Å². The Hall–Kier alpha value is -3.03. The molecule has 2 aromatic carbocycles. The van der Waals surface area contributed by atoms with Gasteiger partial charge in [-0.1, -0.05) is 42.5 Å². The van der Waals surface area contributed by atoms with E-state index in [4.69, 9.17) is 0 Å². The van der Waals surface area contributed by atoms with Crippen LogP contribution in [0, 0.1) is 16.0 Å². The monoisotopic (exact) mass is 554 g/mol. The van der Waals surface area contributed by atoms with Crippen molar-refractivity contribution in [2.24, 2.45) is 5.92 Å². The first-order chi connectivity index (χ1) is 17.9. The van der Waals surface area contributed by atoms with E-state index in [0.717, 1.165) is 22.0 Å². The van der Waals surface area contributed by atoms with Gasteiger partial charge < -0.3 is 4.90 Å². The SMILES string of the molecule is O=C1CN(S(=O)(=O)c2ccccc2[N+](=O)[O-])C[C@H](CC2CCN(CC(F)(F)F)CC2)N1Cc1ccccc1. The Morgan fingerprint density at radius 3 is 2.26 bits per heavy atom. The fraction of sp³-hybridized carbons (Fsp3) is 0.480. The van der Waals surface area contributed by atoms with Gasteiger partial charge in [-0.2, -0.15) is 17.5 Å². The first-order valence-electron chi connectivity index (χ1n) is 12.3. The number of carbonyl (C=O) groups is 1. The molecule has 4 rings (SSSR count). The lowest BCUT2D eigenvalue weighted by atomic mass is 9.88. The van der Waals surface area contributed by atoms with E-state index in [2.05, 4.69) is 0 Å². The molecule has 2 saturated heterocycles. The van der Waals surface area contributed by atoms with Crippen molar-refractivity contribution in [2.75, 3.05) is 32.7 Å². The van der Waals surface area contributed by atoms with E-state index in [9.17, 15) is 36.5 Å². The van der Waals surface area contributed by atoms with Gasteiger partial charge >= 0.3 is 6.18 Å². The molecule has 0 bridgehead atoms. The fourth-order valence-corrected chi connectivity index (χ4v) is 6.79. The number of carbonyl (C=O) groups excluding carboxylic acids is 1. The Morgan fingerprint density at radius 1 is 1.00 bits per heavy atom. The molecule has 38 heavy (non-hydrogen) atoms. The number of nitro benzene ring substituents is 1. The number of hydrogen-bond donors (Lipinski definition) is 0. The zero-order valence-electron chi connectivity index (χ0n) is 20.6.